The van der Waals surface area contributed by atoms with Gasteiger partial charge in [-0.25, -0.2) is 4.98 Å². The Labute approximate surface area is 135 Å². The summed E-state index contributed by atoms with van der Waals surface area (Å²) in [4.78, 5) is 7.07. The molecule has 0 saturated carbocycles. The molecule has 0 unspecified atom stereocenters. The van der Waals surface area contributed by atoms with Crippen molar-refractivity contribution in [1.29, 1.82) is 0 Å². The van der Waals surface area contributed by atoms with Gasteiger partial charge in [0.05, 0.1) is 11.6 Å². The molecular weight excluding hydrogens is 300 g/mol. The molecule has 0 amide bonds. The Balaban J connectivity index is 1.67. The molecule has 0 N–H and O–H groups in total. The highest BCUT2D eigenvalue weighted by atomic mass is 35.5. The van der Waals surface area contributed by atoms with E-state index in [1.807, 2.05) is 5.38 Å². The lowest BCUT2D eigenvalue weighted by Crippen LogP contribution is -2.22. The Morgan fingerprint density at radius 2 is 2.05 bits per heavy atom. The first-order chi connectivity index (χ1) is 10.1. The minimum atomic E-state index is 0.471. The molecule has 0 atom stereocenters. The Kier molecular flexibility index (Phi) is 4.34. The highest BCUT2D eigenvalue weighted by Gasteiger charge is 2.28. The monoisotopic (exact) mass is 320 g/mol. The molecule has 1 aromatic heterocycles. The molecule has 2 nitrogen and oxygen atoms in total. The number of hydrogen-bond acceptors (Lipinski definition) is 3. The Hall–Kier alpha value is -0.900. The molecular formula is C17H21ClN2S. The lowest BCUT2D eigenvalue weighted by Gasteiger charge is -2.19. The van der Waals surface area contributed by atoms with E-state index in [4.69, 9.17) is 11.6 Å². The van der Waals surface area contributed by atoms with Gasteiger partial charge in [-0.1, -0.05) is 38.1 Å². The summed E-state index contributed by atoms with van der Waals surface area (Å²) >= 11 is 7.47. The number of hydrogen-bond donors (Lipinski definition) is 0. The van der Waals surface area contributed by atoms with Crippen LogP contribution in [0.3, 0.4) is 0 Å². The van der Waals surface area contributed by atoms with Crippen LogP contribution in [0.4, 0.5) is 0 Å². The number of aromatic nitrogens is 1. The van der Waals surface area contributed by atoms with E-state index in [9.17, 15) is 0 Å². The molecule has 1 aliphatic heterocycles. The first kappa shape index (κ1) is 15.0. The van der Waals surface area contributed by atoms with E-state index in [2.05, 4.69) is 48.0 Å². The van der Waals surface area contributed by atoms with Crippen LogP contribution in [0.25, 0.3) is 10.6 Å². The van der Waals surface area contributed by atoms with E-state index in [-0.39, 0.29) is 0 Å². The molecule has 0 bridgehead atoms. The zero-order chi connectivity index (χ0) is 14.9. The highest BCUT2D eigenvalue weighted by molar-refractivity contribution is 7.13. The summed E-state index contributed by atoms with van der Waals surface area (Å²) in [6.07, 6.45) is 1.30. The topological polar surface area (TPSA) is 16.1 Å². The first-order valence-corrected chi connectivity index (χ1v) is 8.79. The van der Waals surface area contributed by atoms with Gasteiger partial charge in [-0.15, -0.1) is 22.9 Å². The molecule has 2 heterocycles. The third-order valence-corrected chi connectivity index (χ3v) is 5.27. The van der Waals surface area contributed by atoms with E-state index >= 15 is 0 Å². The van der Waals surface area contributed by atoms with Crippen LogP contribution in [0.1, 0.15) is 31.5 Å². The van der Waals surface area contributed by atoms with E-state index in [1.54, 1.807) is 11.3 Å². The van der Waals surface area contributed by atoms with Gasteiger partial charge in [0.15, 0.2) is 0 Å². The third-order valence-electron chi connectivity index (χ3n) is 4.05. The number of thiazole rings is 1. The summed E-state index contributed by atoms with van der Waals surface area (Å²) in [5, 5.41) is 3.09. The molecule has 4 heteroatoms. The standard InChI is InChI=1S/C17H21ClN2S/c1-17(2)7-8-20(12-17)10-13-3-5-14(6-4-13)16-19-15(9-18)11-21-16/h3-6,11H,7-10,12H2,1-2H3. The highest BCUT2D eigenvalue weighted by Crippen LogP contribution is 2.30. The van der Waals surface area contributed by atoms with Crippen molar-refractivity contribution in [3.05, 3.63) is 40.9 Å². The molecule has 2 aromatic rings. The van der Waals surface area contributed by atoms with Crippen LogP contribution >= 0.6 is 22.9 Å². The van der Waals surface area contributed by atoms with Gasteiger partial charge in [0.2, 0.25) is 0 Å². The van der Waals surface area contributed by atoms with Crippen molar-refractivity contribution in [2.24, 2.45) is 5.41 Å². The normalized spacial score (nSPS) is 18.2. The number of benzene rings is 1. The van der Waals surface area contributed by atoms with Crippen molar-refractivity contribution in [1.82, 2.24) is 9.88 Å². The maximum Gasteiger partial charge on any atom is 0.123 e. The number of halogens is 1. The summed E-state index contributed by atoms with van der Waals surface area (Å²) in [5.74, 6) is 0.485. The summed E-state index contributed by atoms with van der Waals surface area (Å²) in [5.41, 5.74) is 3.99. The van der Waals surface area contributed by atoms with Crippen LogP contribution in [0.15, 0.2) is 29.6 Å². The average Bonchev–Trinajstić information content (AvgIpc) is 3.06. The second kappa shape index (κ2) is 6.07. The largest absolute Gasteiger partial charge is 0.299 e. The Morgan fingerprint density at radius 3 is 2.62 bits per heavy atom. The maximum atomic E-state index is 5.81. The van der Waals surface area contributed by atoms with Gasteiger partial charge in [0, 0.05) is 24.0 Å². The number of likely N-dealkylation sites (tertiary alicyclic amines) is 1. The minimum Gasteiger partial charge on any atom is -0.299 e. The van der Waals surface area contributed by atoms with Crippen molar-refractivity contribution in [3.8, 4) is 10.6 Å². The molecule has 0 radical (unpaired) electrons. The van der Waals surface area contributed by atoms with E-state index in [1.165, 1.54) is 30.6 Å². The SMILES string of the molecule is CC1(C)CCN(Cc2ccc(-c3nc(CCl)cs3)cc2)C1. The van der Waals surface area contributed by atoms with Gasteiger partial charge < -0.3 is 0 Å². The Morgan fingerprint density at radius 1 is 1.29 bits per heavy atom. The van der Waals surface area contributed by atoms with Gasteiger partial charge in [-0.05, 0) is 23.9 Å². The van der Waals surface area contributed by atoms with Gasteiger partial charge in [0.25, 0.3) is 0 Å². The lowest BCUT2D eigenvalue weighted by molar-refractivity contribution is 0.284. The van der Waals surface area contributed by atoms with Crippen molar-refractivity contribution >= 4 is 22.9 Å². The van der Waals surface area contributed by atoms with Crippen molar-refractivity contribution in [3.63, 3.8) is 0 Å². The van der Waals surface area contributed by atoms with Crippen molar-refractivity contribution < 1.29 is 0 Å². The zero-order valence-corrected chi connectivity index (χ0v) is 14.2. The summed E-state index contributed by atoms with van der Waals surface area (Å²) in [7, 11) is 0. The fourth-order valence-electron chi connectivity index (χ4n) is 2.87. The Bertz CT molecular complexity index is 604. The van der Waals surface area contributed by atoms with Crippen LogP contribution in [0, 0.1) is 5.41 Å². The van der Waals surface area contributed by atoms with Crippen LogP contribution in [0.5, 0.6) is 0 Å². The zero-order valence-electron chi connectivity index (χ0n) is 12.6. The lowest BCUT2D eigenvalue weighted by atomic mass is 9.93. The smallest absolute Gasteiger partial charge is 0.123 e. The quantitative estimate of drug-likeness (QED) is 0.754. The van der Waals surface area contributed by atoms with Crippen LogP contribution < -0.4 is 0 Å². The second-order valence-corrected chi connectivity index (χ2v) is 7.72. The maximum absolute atomic E-state index is 5.81. The number of alkyl halides is 1. The summed E-state index contributed by atoms with van der Waals surface area (Å²) in [6, 6.07) is 8.80. The van der Waals surface area contributed by atoms with E-state index in [0.717, 1.165) is 17.2 Å². The average molecular weight is 321 g/mol. The van der Waals surface area contributed by atoms with Gasteiger partial charge >= 0.3 is 0 Å². The molecule has 21 heavy (non-hydrogen) atoms. The minimum absolute atomic E-state index is 0.471. The van der Waals surface area contributed by atoms with Crippen molar-refractivity contribution in [2.75, 3.05) is 13.1 Å². The molecule has 1 aliphatic rings. The number of nitrogens with zero attached hydrogens (tertiary/aromatic N) is 2. The summed E-state index contributed by atoms with van der Waals surface area (Å²) < 4.78 is 0. The van der Waals surface area contributed by atoms with E-state index < -0.39 is 0 Å². The van der Waals surface area contributed by atoms with Crippen LogP contribution in [0.2, 0.25) is 0 Å². The van der Waals surface area contributed by atoms with Crippen LogP contribution in [-0.4, -0.2) is 23.0 Å². The molecule has 1 aromatic carbocycles. The molecule has 0 aliphatic carbocycles. The van der Waals surface area contributed by atoms with E-state index in [0.29, 0.717) is 11.3 Å². The number of rotatable bonds is 4. The fraction of sp³-hybridized carbons (Fsp3) is 0.471. The molecule has 1 fully saturated rings. The van der Waals surface area contributed by atoms with Gasteiger partial charge in [-0.3, -0.25) is 4.90 Å². The van der Waals surface area contributed by atoms with Gasteiger partial charge in [0.1, 0.15) is 5.01 Å². The van der Waals surface area contributed by atoms with Crippen molar-refractivity contribution in [2.45, 2.75) is 32.7 Å². The molecule has 0 spiro atoms. The molecule has 1 saturated heterocycles. The van der Waals surface area contributed by atoms with Crippen LogP contribution in [-0.2, 0) is 12.4 Å². The molecule has 112 valence electrons. The third kappa shape index (κ3) is 3.65. The fourth-order valence-corrected chi connectivity index (χ4v) is 3.93. The second-order valence-electron chi connectivity index (χ2n) is 6.60. The van der Waals surface area contributed by atoms with Gasteiger partial charge in [-0.2, -0.15) is 0 Å². The first-order valence-electron chi connectivity index (χ1n) is 7.38. The molecule has 3 rings (SSSR count). The predicted octanol–water partition coefficient (Wildman–Crippen LogP) is 4.78. The predicted molar refractivity (Wildman–Crippen MR) is 90.8 cm³/mol. The summed E-state index contributed by atoms with van der Waals surface area (Å²) in [6.45, 7) is 8.16.